The number of hydrogen-bond acceptors (Lipinski definition) is 4. The van der Waals surface area contributed by atoms with E-state index >= 15 is 0 Å². The van der Waals surface area contributed by atoms with E-state index in [1.54, 1.807) is 19.1 Å². The summed E-state index contributed by atoms with van der Waals surface area (Å²) in [5.41, 5.74) is 1.50. The highest BCUT2D eigenvalue weighted by Crippen LogP contribution is 2.39. The molecule has 6 nitrogen and oxygen atoms in total. The number of nitriles is 1. The van der Waals surface area contributed by atoms with Gasteiger partial charge in [-0.05, 0) is 63.1 Å². The Bertz CT molecular complexity index is 731. The normalized spacial score (nSPS) is 18.6. The summed E-state index contributed by atoms with van der Waals surface area (Å²) in [6, 6.07) is 7.95. The van der Waals surface area contributed by atoms with Crippen molar-refractivity contribution in [3.05, 3.63) is 29.3 Å². The molecule has 2 amide bonds. The Hall–Kier alpha value is -2.55. The van der Waals surface area contributed by atoms with Crippen LogP contribution in [0.3, 0.4) is 0 Å². The zero-order valence-electron chi connectivity index (χ0n) is 14.7. The zero-order valence-corrected chi connectivity index (χ0v) is 14.7. The second-order valence-electron chi connectivity index (χ2n) is 7.27. The van der Waals surface area contributed by atoms with E-state index in [1.165, 1.54) is 0 Å². The molecule has 1 aromatic carbocycles. The van der Waals surface area contributed by atoms with Crippen molar-refractivity contribution in [3.63, 3.8) is 0 Å². The lowest BCUT2D eigenvalue weighted by Gasteiger charge is -2.23. The summed E-state index contributed by atoms with van der Waals surface area (Å²) in [4.78, 5) is 24.4. The predicted octanol–water partition coefficient (Wildman–Crippen LogP) is 2.11. The lowest BCUT2D eigenvalue weighted by molar-refractivity contribution is -0.120. The lowest BCUT2D eigenvalue weighted by Crippen LogP contribution is -2.48. The van der Waals surface area contributed by atoms with Gasteiger partial charge in [0, 0.05) is 17.3 Å². The Morgan fingerprint density at radius 3 is 2.60 bits per heavy atom. The topological polar surface area (TPSA) is 94.0 Å². The quantitative estimate of drug-likeness (QED) is 0.708. The van der Waals surface area contributed by atoms with Gasteiger partial charge >= 0.3 is 0 Å². The largest absolute Gasteiger partial charge is 0.376 e. The highest BCUT2D eigenvalue weighted by Gasteiger charge is 2.42. The van der Waals surface area contributed by atoms with E-state index in [0.717, 1.165) is 36.9 Å². The van der Waals surface area contributed by atoms with Crippen molar-refractivity contribution in [2.24, 2.45) is 5.92 Å². The summed E-state index contributed by atoms with van der Waals surface area (Å²) in [5.74, 6) is -0.0541. The molecule has 3 rings (SSSR count). The van der Waals surface area contributed by atoms with Crippen LogP contribution in [0, 0.1) is 24.2 Å². The first-order valence-corrected chi connectivity index (χ1v) is 8.79. The van der Waals surface area contributed by atoms with Crippen LogP contribution in [0.1, 0.15) is 48.5 Å². The summed E-state index contributed by atoms with van der Waals surface area (Å²) < 4.78 is 0. The van der Waals surface area contributed by atoms with E-state index in [0.29, 0.717) is 11.6 Å². The third-order valence-corrected chi connectivity index (χ3v) is 4.88. The number of rotatable bonds is 7. The van der Waals surface area contributed by atoms with Crippen molar-refractivity contribution in [1.29, 1.82) is 5.26 Å². The van der Waals surface area contributed by atoms with Gasteiger partial charge < -0.3 is 16.0 Å². The van der Waals surface area contributed by atoms with Crippen LogP contribution in [-0.2, 0) is 4.79 Å². The number of carbonyl (C=O) groups is 2. The minimum Gasteiger partial charge on any atom is -0.376 e. The van der Waals surface area contributed by atoms with Crippen molar-refractivity contribution in [2.45, 2.75) is 51.1 Å². The van der Waals surface area contributed by atoms with E-state index in [9.17, 15) is 14.9 Å². The molecule has 0 unspecified atom stereocenters. The first kappa shape index (κ1) is 17.3. The van der Waals surface area contributed by atoms with Crippen LogP contribution in [-0.4, -0.2) is 29.9 Å². The Balaban J connectivity index is 1.59. The number of anilines is 1. The van der Waals surface area contributed by atoms with Crippen LogP contribution in [0.4, 0.5) is 5.69 Å². The van der Waals surface area contributed by atoms with E-state index in [1.807, 2.05) is 13.0 Å². The predicted molar refractivity (Wildman–Crippen MR) is 95.0 cm³/mol. The van der Waals surface area contributed by atoms with Crippen molar-refractivity contribution in [1.82, 2.24) is 10.6 Å². The van der Waals surface area contributed by atoms with E-state index in [2.05, 4.69) is 22.0 Å². The molecule has 0 saturated heterocycles. The maximum atomic E-state index is 12.2. The standard InChI is InChI=1S/C19H24N4O2/c1-12-3-4-13(18(25)22-15-7-8-15)9-16(12)21-10-17(24)23-19(2,11-20)14-5-6-14/h3-4,9,14-15,21H,5-8,10H2,1-2H3,(H,22,25)(H,23,24)/t19-/m0/s1. The van der Waals surface area contributed by atoms with Crippen LogP contribution >= 0.6 is 0 Å². The highest BCUT2D eigenvalue weighted by molar-refractivity contribution is 5.96. The summed E-state index contributed by atoms with van der Waals surface area (Å²) in [7, 11) is 0. The molecule has 1 aromatic rings. The smallest absolute Gasteiger partial charge is 0.251 e. The molecule has 1 atom stereocenters. The molecular weight excluding hydrogens is 316 g/mol. The third kappa shape index (κ3) is 4.30. The van der Waals surface area contributed by atoms with Crippen LogP contribution in [0.25, 0.3) is 0 Å². The summed E-state index contributed by atoms with van der Waals surface area (Å²) >= 11 is 0. The van der Waals surface area contributed by atoms with Crippen LogP contribution < -0.4 is 16.0 Å². The van der Waals surface area contributed by atoms with Gasteiger partial charge in [0.25, 0.3) is 5.91 Å². The number of nitrogens with zero attached hydrogens (tertiary/aromatic N) is 1. The van der Waals surface area contributed by atoms with Gasteiger partial charge in [-0.25, -0.2) is 0 Å². The first-order valence-electron chi connectivity index (χ1n) is 8.79. The number of amides is 2. The summed E-state index contributed by atoms with van der Waals surface area (Å²) in [5, 5.41) is 18.2. The van der Waals surface area contributed by atoms with Gasteiger partial charge in [-0.1, -0.05) is 6.07 Å². The van der Waals surface area contributed by atoms with Gasteiger partial charge in [0.15, 0.2) is 0 Å². The fourth-order valence-corrected chi connectivity index (χ4v) is 2.84. The molecule has 0 bridgehead atoms. The maximum absolute atomic E-state index is 12.2. The Kier molecular flexibility index (Phi) is 4.67. The molecule has 2 fully saturated rings. The van der Waals surface area contributed by atoms with Crippen molar-refractivity contribution >= 4 is 17.5 Å². The number of benzene rings is 1. The molecule has 6 heteroatoms. The molecular formula is C19H24N4O2. The van der Waals surface area contributed by atoms with Gasteiger partial charge in [-0.15, -0.1) is 0 Å². The summed E-state index contributed by atoms with van der Waals surface area (Å²) in [6.07, 6.45) is 4.05. The van der Waals surface area contributed by atoms with Crippen molar-refractivity contribution in [2.75, 3.05) is 11.9 Å². The molecule has 3 N–H and O–H groups in total. The van der Waals surface area contributed by atoms with Crippen molar-refractivity contribution < 1.29 is 9.59 Å². The third-order valence-electron chi connectivity index (χ3n) is 4.88. The van der Waals surface area contributed by atoms with Crippen LogP contribution in [0.5, 0.6) is 0 Å². The lowest BCUT2D eigenvalue weighted by atomic mass is 9.98. The molecule has 2 saturated carbocycles. The van der Waals surface area contributed by atoms with Gasteiger partial charge in [-0.2, -0.15) is 5.26 Å². The minimum absolute atomic E-state index is 0.0680. The molecule has 0 aliphatic heterocycles. The monoisotopic (exact) mass is 340 g/mol. The maximum Gasteiger partial charge on any atom is 0.251 e. The van der Waals surface area contributed by atoms with E-state index < -0.39 is 5.54 Å². The average Bonchev–Trinajstić information content (AvgIpc) is 3.46. The average molecular weight is 340 g/mol. The molecule has 25 heavy (non-hydrogen) atoms. The first-order chi connectivity index (χ1) is 11.9. The fraction of sp³-hybridized carbons (Fsp3) is 0.526. The van der Waals surface area contributed by atoms with E-state index in [-0.39, 0.29) is 24.3 Å². The number of carbonyl (C=O) groups excluding carboxylic acids is 2. The minimum atomic E-state index is -0.792. The second-order valence-corrected chi connectivity index (χ2v) is 7.27. The Morgan fingerprint density at radius 1 is 1.28 bits per heavy atom. The fourth-order valence-electron chi connectivity index (χ4n) is 2.84. The molecule has 0 radical (unpaired) electrons. The number of nitrogens with one attached hydrogen (secondary N) is 3. The van der Waals surface area contributed by atoms with E-state index in [4.69, 9.17) is 0 Å². The van der Waals surface area contributed by atoms with Gasteiger partial charge in [-0.3, -0.25) is 9.59 Å². The zero-order chi connectivity index (χ0) is 18.0. The highest BCUT2D eigenvalue weighted by atomic mass is 16.2. The molecule has 2 aliphatic carbocycles. The van der Waals surface area contributed by atoms with Gasteiger partial charge in [0.05, 0.1) is 12.6 Å². The number of hydrogen-bond donors (Lipinski definition) is 3. The number of aryl methyl sites for hydroxylation is 1. The summed E-state index contributed by atoms with van der Waals surface area (Å²) in [6.45, 7) is 3.77. The molecule has 132 valence electrons. The molecule has 0 spiro atoms. The van der Waals surface area contributed by atoms with Crippen molar-refractivity contribution in [3.8, 4) is 6.07 Å². The molecule has 0 heterocycles. The Morgan fingerprint density at radius 2 is 2.00 bits per heavy atom. The van der Waals surface area contributed by atoms with Crippen LogP contribution in [0.2, 0.25) is 0 Å². The van der Waals surface area contributed by atoms with Gasteiger partial charge in [0.2, 0.25) is 5.91 Å². The van der Waals surface area contributed by atoms with Gasteiger partial charge in [0.1, 0.15) is 5.54 Å². The SMILES string of the molecule is Cc1ccc(C(=O)NC2CC2)cc1NCC(=O)N[C@@](C)(C#N)C1CC1. The Labute approximate surface area is 148 Å². The molecule has 2 aliphatic rings. The van der Waals surface area contributed by atoms with Crippen LogP contribution in [0.15, 0.2) is 18.2 Å². The molecule has 0 aromatic heterocycles. The second kappa shape index (κ2) is 6.75.